The van der Waals surface area contributed by atoms with Gasteiger partial charge in [-0.2, -0.15) is 4.31 Å². The zero-order chi connectivity index (χ0) is 21.7. The minimum Gasteiger partial charge on any atom is -0.484 e. The van der Waals surface area contributed by atoms with Crippen LogP contribution in [0.3, 0.4) is 0 Å². The number of hydrogen-bond acceptors (Lipinski definition) is 4. The van der Waals surface area contributed by atoms with Gasteiger partial charge in [-0.1, -0.05) is 18.6 Å². The van der Waals surface area contributed by atoms with Gasteiger partial charge >= 0.3 is 0 Å². The number of carbonyl (C=O) groups is 1. The van der Waals surface area contributed by atoms with Gasteiger partial charge < -0.3 is 9.64 Å². The molecule has 30 heavy (non-hydrogen) atoms. The van der Waals surface area contributed by atoms with Crippen LogP contribution in [0.25, 0.3) is 0 Å². The lowest BCUT2D eigenvalue weighted by Crippen LogP contribution is -2.35. The molecule has 1 unspecified atom stereocenters. The Bertz CT molecular complexity index is 956. The number of amides is 1. The Hall–Kier alpha value is -2.45. The van der Waals surface area contributed by atoms with Gasteiger partial charge in [0.1, 0.15) is 11.6 Å². The van der Waals surface area contributed by atoms with Crippen molar-refractivity contribution in [3.63, 3.8) is 0 Å². The van der Waals surface area contributed by atoms with Crippen molar-refractivity contribution in [2.45, 2.75) is 37.1 Å². The summed E-state index contributed by atoms with van der Waals surface area (Å²) in [4.78, 5) is 14.2. The van der Waals surface area contributed by atoms with E-state index < -0.39 is 10.0 Å². The molecule has 0 aliphatic carbocycles. The number of nitrogens with zero attached hydrogens (tertiary/aromatic N) is 2. The molecule has 1 aliphatic heterocycles. The lowest BCUT2D eigenvalue weighted by Gasteiger charge is -2.26. The third-order valence-electron chi connectivity index (χ3n) is 5.47. The van der Waals surface area contributed by atoms with Crippen LogP contribution in [0.15, 0.2) is 53.4 Å². The van der Waals surface area contributed by atoms with E-state index in [1.807, 2.05) is 6.92 Å². The third kappa shape index (κ3) is 5.17. The average Bonchev–Trinajstić information content (AvgIpc) is 2.78. The van der Waals surface area contributed by atoms with Crippen molar-refractivity contribution in [1.29, 1.82) is 0 Å². The SMILES string of the molecule is CC(c1ccc(F)cc1)N(C)C(=O)COc1ccc(S(=O)(=O)N2CCCCC2)cc1. The number of carbonyl (C=O) groups excluding carboxylic acids is 1. The van der Waals surface area contributed by atoms with Crippen molar-refractivity contribution in [2.24, 2.45) is 0 Å². The van der Waals surface area contributed by atoms with Crippen LogP contribution in [0, 0.1) is 5.82 Å². The number of rotatable bonds is 7. The lowest BCUT2D eigenvalue weighted by molar-refractivity contribution is -0.134. The molecule has 2 aromatic carbocycles. The zero-order valence-electron chi connectivity index (χ0n) is 17.3. The maximum atomic E-state index is 13.1. The van der Waals surface area contributed by atoms with Gasteiger partial charge in [-0.25, -0.2) is 12.8 Å². The quantitative estimate of drug-likeness (QED) is 0.668. The second-order valence-electron chi connectivity index (χ2n) is 7.46. The molecule has 0 saturated carbocycles. The predicted molar refractivity (Wildman–Crippen MR) is 112 cm³/mol. The van der Waals surface area contributed by atoms with Crippen LogP contribution in [0.4, 0.5) is 4.39 Å². The first-order valence-electron chi connectivity index (χ1n) is 10.0. The van der Waals surface area contributed by atoms with E-state index in [1.54, 1.807) is 31.3 Å². The topological polar surface area (TPSA) is 66.9 Å². The van der Waals surface area contributed by atoms with Crippen molar-refractivity contribution >= 4 is 15.9 Å². The molecule has 8 heteroatoms. The minimum absolute atomic E-state index is 0.180. The third-order valence-corrected chi connectivity index (χ3v) is 7.38. The molecule has 0 aromatic heterocycles. The number of likely N-dealkylation sites (N-methyl/N-ethyl adjacent to an activating group) is 1. The average molecular weight is 435 g/mol. The van der Waals surface area contributed by atoms with Crippen molar-refractivity contribution in [1.82, 2.24) is 9.21 Å². The van der Waals surface area contributed by atoms with Gasteiger partial charge in [0.25, 0.3) is 5.91 Å². The summed E-state index contributed by atoms with van der Waals surface area (Å²) in [7, 11) is -1.83. The fraction of sp³-hybridized carbons (Fsp3) is 0.409. The summed E-state index contributed by atoms with van der Waals surface area (Å²) >= 11 is 0. The van der Waals surface area contributed by atoms with Crippen molar-refractivity contribution in [3.8, 4) is 5.75 Å². The number of sulfonamides is 1. The highest BCUT2D eigenvalue weighted by Gasteiger charge is 2.26. The highest BCUT2D eigenvalue weighted by atomic mass is 32.2. The first-order chi connectivity index (χ1) is 14.3. The van der Waals surface area contributed by atoms with E-state index in [1.165, 1.54) is 33.5 Å². The molecule has 1 saturated heterocycles. The van der Waals surface area contributed by atoms with E-state index in [2.05, 4.69) is 0 Å². The highest BCUT2D eigenvalue weighted by molar-refractivity contribution is 7.89. The van der Waals surface area contributed by atoms with Crippen LogP contribution in [0.5, 0.6) is 5.75 Å². The van der Waals surface area contributed by atoms with Gasteiger partial charge in [0.05, 0.1) is 10.9 Å². The van der Waals surface area contributed by atoms with Crippen LogP contribution < -0.4 is 4.74 Å². The zero-order valence-corrected chi connectivity index (χ0v) is 18.1. The Morgan fingerprint density at radius 2 is 1.67 bits per heavy atom. The number of ether oxygens (including phenoxy) is 1. The van der Waals surface area contributed by atoms with Crippen LogP contribution in [-0.2, 0) is 14.8 Å². The molecule has 1 heterocycles. The van der Waals surface area contributed by atoms with Crippen molar-refractivity contribution < 1.29 is 22.3 Å². The second kappa shape index (κ2) is 9.57. The molecule has 0 N–H and O–H groups in total. The molecule has 1 amide bonds. The van der Waals surface area contributed by atoms with E-state index >= 15 is 0 Å². The number of piperidine rings is 1. The summed E-state index contributed by atoms with van der Waals surface area (Å²) in [6, 6.07) is 11.9. The molecule has 6 nitrogen and oxygen atoms in total. The second-order valence-corrected chi connectivity index (χ2v) is 9.39. The summed E-state index contributed by atoms with van der Waals surface area (Å²) in [6.07, 6.45) is 2.82. The van der Waals surface area contributed by atoms with Gasteiger partial charge in [-0.05, 0) is 61.7 Å². The van der Waals surface area contributed by atoms with Crippen LogP contribution >= 0.6 is 0 Å². The molecule has 0 bridgehead atoms. The number of halogens is 1. The van der Waals surface area contributed by atoms with Crippen molar-refractivity contribution in [3.05, 3.63) is 59.9 Å². The van der Waals surface area contributed by atoms with Gasteiger partial charge in [0.15, 0.2) is 6.61 Å². The molecule has 0 spiro atoms. The Labute approximate surface area is 177 Å². The molecular formula is C22H27FN2O4S. The maximum Gasteiger partial charge on any atom is 0.260 e. The molecule has 1 fully saturated rings. The van der Waals surface area contributed by atoms with E-state index in [0.717, 1.165) is 24.8 Å². The summed E-state index contributed by atoms with van der Waals surface area (Å²) in [5, 5.41) is 0. The molecule has 162 valence electrons. The highest BCUT2D eigenvalue weighted by Crippen LogP contribution is 2.23. The molecule has 1 atom stereocenters. The minimum atomic E-state index is -3.49. The van der Waals surface area contributed by atoms with Crippen LogP contribution in [-0.4, -0.2) is 50.3 Å². The first kappa shape index (κ1) is 22.2. The molecular weight excluding hydrogens is 407 g/mol. The Morgan fingerprint density at radius 1 is 1.07 bits per heavy atom. The Morgan fingerprint density at radius 3 is 2.27 bits per heavy atom. The van der Waals surface area contributed by atoms with E-state index in [-0.39, 0.29) is 29.3 Å². The maximum absolute atomic E-state index is 13.1. The summed E-state index contributed by atoms with van der Waals surface area (Å²) in [5.74, 6) is -0.144. The van der Waals surface area contributed by atoms with E-state index in [4.69, 9.17) is 4.74 Å². The van der Waals surface area contributed by atoms with E-state index in [9.17, 15) is 17.6 Å². The lowest BCUT2D eigenvalue weighted by atomic mass is 10.1. The fourth-order valence-electron chi connectivity index (χ4n) is 3.39. The number of benzene rings is 2. The molecule has 0 radical (unpaired) electrons. The molecule has 3 rings (SSSR count). The van der Waals surface area contributed by atoms with Gasteiger partial charge in [0, 0.05) is 20.1 Å². The fourth-order valence-corrected chi connectivity index (χ4v) is 4.91. The Balaban J connectivity index is 1.57. The smallest absolute Gasteiger partial charge is 0.260 e. The van der Waals surface area contributed by atoms with E-state index in [0.29, 0.717) is 18.8 Å². The standard InChI is InChI=1S/C22H27FN2O4S/c1-17(18-6-8-19(23)9-7-18)24(2)22(26)16-29-20-10-12-21(13-11-20)30(27,28)25-14-4-3-5-15-25/h6-13,17H,3-5,14-16H2,1-2H3. The van der Waals surface area contributed by atoms with Gasteiger partial charge in [0.2, 0.25) is 10.0 Å². The van der Waals surface area contributed by atoms with Crippen LogP contribution in [0.1, 0.15) is 37.8 Å². The monoisotopic (exact) mass is 434 g/mol. The predicted octanol–water partition coefficient (Wildman–Crippen LogP) is 3.60. The molecule has 1 aliphatic rings. The first-order valence-corrected chi connectivity index (χ1v) is 11.5. The van der Waals surface area contributed by atoms with Crippen molar-refractivity contribution in [2.75, 3.05) is 26.7 Å². The van der Waals surface area contributed by atoms with Gasteiger partial charge in [-0.15, -0.1) is 0 Å². The summed E-state index contributed by atoms with van der Waals surface area (Å²) < 4.78 is 45.5. The van der Waals surface area contributed by atoms with Gasteiger partial charge in [-0.3, -0.25) is 4.79 Å². The Kier molecular flexibility index (Phi) is 7.10. The number of hydrogen-bond donors (Lipinski definition) is 0. The largest absolute Gasteiger partial charge is 0.484 e. The summed E-state index contributed by atoms with van der Waals surface area (Å²) in [6.45, 7) is 2.77. The normalized spacial score (nSPS) is 16.1. The molecule has 2 aromatic rings. The van der Waals surface area contributed by atoms with Crippen LogP contribution in [0.2, 0.25) is 0 Å². The summed E-state index contributed by atoms with van der Waals surface area (Å²) in [5.41, 5.74) is 0.819.